The van der Waals surface area contributed by atoms with Crippen molar-refractivity contribution in [1.29, 1.82) is 0 Å². The van der Waals surface area contributed by atoms with Crippen molar-refractivity contribution in [1.82, 2.24) is 10.3 Å². The average Bonchev–Trinajstić information content (AvgIpc) is 2.97. The van der Waals surface area contributed by atoms with Gasteiger partial charge in [0.15, 0.2) is 5.13 Å². The first-order valence-electron chi connectivity index (χ1n) is 7.90. The van der Waals surface area contributed by atoms with Crippen LogP contribution >= 0.6 is 27.3 Å². The molecule has 0 bridgehead atoms. The number of benzene rings is 2. The van der Waals surface area contributed by atoms with Gasteiger partial charge in [0.05, 0.1) is 16.0 Å². The molecule has 128 valence electrons. The van der Waals surface area contributed by atoms with Crippen LogP contribution in [0.2, 0.25) is 0 Å². The van der Waals surface area contributed by atoms with Crippen LogP contribution in [0.5, 0.6) is 0 Å². The van der Waals surface area contributed by atoms with Gasteiger partial charge in [-0.1, -0.05) is 65.9 Å². The molecule has 6 heteroatoms. The van der Waals surface area contributed by atoms with Crippen LogP contribution in [0.15, 0.2) is 58.4 Å². The van der Waals surface area contributed by atoms with Gasteiger partial charge in [0.25, 0.3) is 0 Å². The summed E-state index contributed by atoms with van der Waals surface area (Å²) in [5, 5.41) is 6.61. The molecule has 0 fully saturated rings. The lowest BCUT2D eigenvalue weighted by Crippen LogP contribution is -2.27. The van der Waals surface area contributed by atoms with E-state index in [0.29, 0.717) is 11.7 Å². The first kappa shape index (κ1) is 17.8. The lowest BCUT2D eigenvalue weighted by atomic mass is 10.1. The summed E-state index contributed by atoms with van der Waals surface area (Å²) >= 11 is 4.94. The van der Waals surface area contributed by atoms with E-state index in [2.05, 4.69) is 50.6 Å². The summed E-state index contributed by atoms with van der Waals surface area (Å²) in [5.41, 5.74) is 4.27. The fourth-order valence-corrected chi connectivity index (χ4v) is 3.92. The summed E-state index contributed by atoms with van der Waals surface area (Å²) in [6.45, 7) is 2.97. The van der Waals surface area contributed by atoms with Crippen molar-refractivity contribution in [3.8, 4) is 11.3 Å². The Balaban J connectivity index is 1.56. The number of amides is 1. The van der Waals surface area contributed by atoms with Crippen LogP contribution in [-0.2, 0) is 11.3 Å². The average molecular weight is 416 g/mol. The zero-order valence-corrected chi connectivity index (χ0v) is 16.2. The molecule has 0 aliphatic carbocycles. The van der Waals surface area contributed by atoms with E-state index in [1.54, 1.807) is 0 Å². The highest BCUT2D eigenvalue weighted by atomic mass is 79.9. The molecule has 0 saturated heterocycles. The van der Waals surface area contributed by atoms with Crippen LogP contribution in [-0.4, -0.2) is 17.4 Å². The van der Waals surface area contributed by atoms with Crippen molar-refractivity contribution in [2.45, 2.75) is 13.5 Å². The van der Waals surface area contributed by atoms with Gasteiger partial charge in [0, 0.05) is 12.1 Å². The van der Waals surface area contributed by atoms with Crippen molar-refractivity contribution in [2.75, 3.05) is 11.9 Å². The quantitative estimate of drug-likeness (QED) is 0.617. The molecule has 0 aliphatic heterocycles. The predicted molar refractivity (Wildman–Crippen MR) is 107 cm³/mol. The molecule has 3 rings (SSSR count). The van der Waals surface area contributed by atoms with Crippen LogP contribution in [0.4, 0.5) is 5.13 Å². The Kier molecular flexibility index (Phi) is 5.96. The van der Waals surface area contributed by atoms with E-state index in [1.807, 2.05) is 42.5 Å². The number of rotatable bonds is 6. The number of nitrogens with zero attached hydrogens (tertiary/aromatic N) is 1. The molecule has 2 N–H and O–H groups in total. The minimum absolute atomic E-state index is 0.102. The molecule has 25 heavy (non-hydrogen) atoms. The van der Waals surface area contributed by atoms with Crippen LogP contribution in [0.1, 0.15) is 11.1 Å². The van der Waals surface area contributed by atoms with Gasteiger partial charge in [-0.15, -0.1) is 0 Å². The van der Waals surface area contributed by atoms with Gasteiger partial charge in [-0.05, 0) is 34.0 Å². The summed E-state index contributed by atoms with van der Waals surface area (Å²) < 4.78 is 0.905. The number of carbonyl (C=O) groups is 1. The van der Waals surface area contributed by atoms with Gasteiger partial charge < -0.3 is 10.6 Å². The maximum Gasteiger partial charge on any atom is 0.240 e. The van der Waals surface area contributed by atoms with E-state index in [1.165, 1.54) is 22.5 Å². The number of hydrogen-bond acceptors (Lipinski definition) is 4. The van der Waals surface area contributed by atoms with Gasteiger partial charge in [-0.2, -0.15) is 0 Å². The number of aryl methyl sites for hydroxylation is 1. The van der Waals surface area contributed by atoms with E-state index < -0.39 is 0 Å². The molecule has 4 nitrogen and oxygen atoms in total. The highest BCUT2D eigenvalue weighted by molar-refractivity contribution is 9.11. The van der Waals surface area contributed by atoms with Crippen molar-refractivity contribution in [3.63, 3.8) is 0 Å². The minimum Gasteiger partial charge on any atom is -0.304 e. The third-order valence-corrected chi connectivity index (χ3v) is 5.36. The summed E-state index contributed by atoms with van der Waals surface area (Å²) in [4.78, 5) is 16.6. The fourth-order valence-electron chi connectivity index (χ4n) is 2.41. The molecule has 1 heterocycles. The molecule has 0 saturated carbocycles. The van der Waals surface area contributed by atoms with Crippen molar-refractivity contribution < 1.29 is 4.79 Å². The molecular weight excluding hydrogens is 398 g/mol. The highest BCUT2D eigenvalue weighted by Crippen LogP contribution is 2.35. The lowest BCUT2D eigenvalue weighted by molar-refractivity contribution is -0.115. The Hall–Kier alpha value is -2.02. The number of thiazole rings is 1. The van der Waals surface area contributed by atoms with Crippen molar-refractivity contribution >= 4 is 38.3 Å². The standard InChI is InChI=1S/C19H18BrN3OS/c1-13-7-5-6-10-15(13)11-21-12-16(24)22-19-23-17(18(20)25-19)14-8-3-2-4-9-14/h2-10,21H,11-12H2,1H3,(H,22,23,24). The molecule has 1 amide bonds. The van der Waals surface area contributed by atoms with Crippen LogP contribution in [0.25, 0.3) is 11.3 Å². The second-order valence-corrected chi connectivity index (χ2v) is 7.90. The van der Waals surface area contributed by atoms with E-state index in [0.717, 1.165) is 15.0 Å². The monoisotopic (exact) mass is 415 g/mol. The molecular formula is C19H18BrN3OS. The first-order chi connectivity index (χ1) is 12.1. The Morgan fingerprint density at radius 2 is 1.84 bits per heavy atom. The van der Waals surface area contributed by atoms with E-state index in [-0.39, 0.29) is 12.5 Å². The topological polar surface area (TPSA) is 54.0 Å². The predicted octanol–water partition coefficient (Wildman–Crippen LogP) is 4.61. The van der Waals surface area contributed by atoms with Gasteiger partial charge in [0.1, 0.15) is 0 Å². The summed E-state index contributed by atoms with van der Waals surface area (Å²) in [5.74, 6) is -0.102. The number of carbonyl (C=O) groups excluding carboxylic acids is 1. The molecule has 3 aromatic rings. The minimum atomic E-state index is -0.102. The number of anilines is 1. The second kappa shape index (κ2) is 8.38. The van der Waals surface area contributed by atoms with E-state index in [4.69, 9.17) is 0 Å². The molecule has 0 radical (unpaired) electrons. The van der Waals surface area contributed by atoms with Crippen molar-refractivity contribution in [3.05, 3.63) is 69.5 Å². The summed E-state index contributed by atoms with van der Waals surface area (Å²) in [6, 6.07) is 18.0. The van der Waals surface area contributed by atoms with Gasteiger partial charge in [-0.3, -0.25) is 4.79 Å². The summed E-state index contributed by atoms with van der Waals surface area (Å²) in [7, 11) is 0. The smallest absolute Gasteiger partial charge is 0.240 e. The molecule has 2 aromatic carbocycles. The van der Waals surface area contributed by atoms with E-state index >= 15 is 0 Å². The lowest BCUT2D eigenvalue weighted by Gasteiger charge is -2.07. The highest BCUT2D eigenvalue weighted by Gasteiger charge is 2.12. The van der Waals surface area contributed by atoms with Crippen LogP contribution < -0.4 is 10.6 Å². The largest absolute Gasteiger partial charge is 0.304 e. The third-order valence-electron chi connectivity index (χ3n) is 3.74. The molecule has 0 spiro atoms. The number of hydrogen-bond donors (Lipinski definition) is 2. The number of aromatic nitrogens is 1. The third kappa shape index (κ3) is 4.75. The van der Waals surface area contributed by atoms with Gasteiger partial charge in [-0.25, -0.2) is 4.98 Å². The van der Waals surface area contributed by atoms with Crippen LogP contribution in [0.3, 0.4) is 0 Å². The molecule has 1 aromatic heterocycles. The van der Waals surface area contributed by atoms with Crippen LogP contribution in [0, 0.1) is 6.92 Å². The Morgan fingerprint density at radius 1 is 1.12 bits per heavy atom. The molecule has 0 aliphatic rings. The Bertz CT molecular complexity index is 864. The molecule has 0 atom stereocenters. The maximum atomic E-state index is 12.1. The second-order valence-electron chi connectivity index (χ2n) is 5.59. The SMILES string of the molecule is Cc1ccccc1CNCC(=O)Nc1nc(-c2ccccc2)c(Br)s1. The number of halogens is 1. The van der Waals surface area contributed by atoms with Gasteiger partial charge >= 0.3 is 0 Å². The molecule has 0 unspecified atom stereocenters. The van der Waals surface area contributed by atoms with E-state index in [9.17, 15) is 4.79 Å². The van der Waals surface area contributed by atoms with Gasteiger partial charge in [0.2, 0.25) is 5.91 Å². The zero-order chi connectivity index (χ0) is 17.6. The normalized spacial score (nSPS) is 10.6. The van der Waals surface area contributed by atoms with Crippen molar-refractivity contribution in [2.24, 2.45) is 0 Å². The maximum absolute atomic E-state index is 12.1. The Labute approximate surface area is 159 Å². The Morgan fingerprint density at radius 3 is 2.60 bits per heavy atom. The zero-order valence-electron chi connectivity index (χ0n) is 13.8. The first-order valence-corrected chi connectivity index (χ1v) is 9.51. The fraction of sp³-hybridized carbons (Fsp3) is 0.158. The number of nitrogens with one attached hydrogen (secondary N) is 2. The summed E-state index contributed by atoms with van der Waals surface area (Å²) in [6.07, 6.45) is 0.